The maximum absolute atomic E-state index is 12.6. The second-order valence-electron chi connectivity index (χ2n) is 5.24. The summed E-state index contributed by atoms with van der Waals surface area (Å²) in [5.74, 6) is 2.18. The summed E-state index contributed by atoms with van der Waals surface area (Å²) in [5.41, 5.74) is 0.911. The second kappa shape index (κ2) is 8.06. The van der Waals surface area contributed by atoms with Crippen LogP contribution in [0.5, 0.6) is 17.5 Å². The van der Waals surface area contributed by atoms with Crippen molar-refractivity contribution in [2.45, 2.75) is 5.37 Å². The minimum atomic E-state index is -0.141. The molecule has 25 heavy (non-hydrogen) atoms. The summed E-state index contributed by atoms with van der Waals surface area (Å²) in [4.78, 5) is 22.3. The van der Waals surface area contributed by atoms with E-state index in [1.54, 1.807) is 49.3 Å². The van der Waals surface area contributed by atoms with Crippen LogP contribution in [0.2, 0.25) is 0 Å². The molecule has 0 spiro atoms. The molecule has 1 amide bonds. The molecule has 1 aromatic carbocycles. The van der Waals surface area contributed by atoms with Crippen LogP contribution < -0.4 is 14.2 Å². The molecule has 1 fully saturated rings. The van der Waals surface area contributed by atoms with Crippen LogP contribution >= 0.6 is 11.8 Å². The summed E-state index contributed by atoms with van der Waals surface area (Å²) in [6, 6.07) is 7.48. The summed E-state index contributed by atoms with van der Waals surface area (Å²) in [6.07, 6.45) is 3.14. The molecule has 132 valence electrons. The maximum Gasteiger partial charge on any atom is 0.316 e. The first-order chi connectivity index (χ1) is 12.2. The Morgan fingerprint density at radius 3 is 2.80 bits per heavy atom. The highest BCUT2D eigenvalue weighted by Crippen LogP contribution is 2.43. The quantitative estimate of drug-likeness (QED) is 0.780. The fourth-order valence-corrected chi connectivity index (χ4v) is 3.88. The van der Waals surface area contributed by atoms with Crippen molar-refractivity contribution in [3.63, 3.8) is 0 Å². The molecule has 1 atom stereocenters. The van der Waals surface area contributed by atoms with Crippen molar-refractivity contribution >= 4 is 17.7 Å². The zero-order valence-corrected chi connectivity index (χ0v) is 14.9. The number of nitrogens with zero attached hydrogens (tertiary/aromatic N) is 3. The van der Waals surface area contributed by atoms with Gasteiger partial charge in [-0.05, 0) is 24.3 Å². The maximum atomic E-state index is 12.6. The first kappa shape index (κ1) is 17.3. The van der Waals surface area contributed by atoms with E-state index in [-0.39, 0.29) is 23.9 Å². The SMILES string of the molecule is COc1ccc(OC)c(C2SCCN2C(=O)COc2ncccn2)c1. The number of hydrogen-bond donors (Lipinski definition) is 0. The molecule has 1 aromatic heterocycles. The minimum Gasteiger partial charge on any atom is -0.497 e. The zero-order valence-electron chi connectivity index (χ0n) is 14.0. The van der Waals surface area contributed by atoms with Crippen LogP contribution in [-0.4, -0.2) is 53.9 Å². The van der Waals surface area contributed by atoms with E-state index >= 15 is 0 Å². The molecule has 2 heterocycles. The van der Waals surface area contributed by atoms with E-state index in [2.05, 4.69) is 9.97 Å². The van der Waals surface area contributed by atoms with Gasteiger partial charge in [0.1, 0.15) is 16.9 Å². The largest absolute Gasteiger partial charge is 0.497 e. The van der Waals surface area contributed by atoms with Crippen molar-refractivity contribution in [3.05, 3.63) is 42.2 Å². The predicted molar refractivity (Wildman–Crippen MR) is 94.0 cm³/mol. The lowest BCUT2D eigenvalue weighted by Gasteiger charge is -2.25. The van der Waals surface area contributed by atoms with Crippen molar-refractivity contribution in [3.8, 4) is 17.5 Å². The van der Waals surface area contributed by atoms with Crippen molar-refractivity contribution in [2.75, 3.05) is 33.1 Å². The standard InChI is InChI=1S/C17H19N3O4S/c1-22-12-4-5-14(23-2)13(10-12)16-20(8-9-25-16)15(21)11-24-17-18-6-3-7-19-17/h3-7,10,16H,8-9,11H2,1-2H3. The number of methoxy groups -OCH3 is 2. The molecule has 7 nitrogen and oxygen atoms in total. The number of carbonyl (C=O) groups excluding carboxylic acids is 1. The lowest BCUT2D eigenvalue weighted by Crippen LogP contribution is -2.34. The number of carbonyl (C=O) groups is 1. The lowest BCUT2D eigenvalue weighted by atomic mass is 10.1. The smallest absolute Gasteiger partial charge is 0.316 e. The van der Waals surface area contributed by atoms with Crippen LogP contribution in [-0.2, 0) is 4.79 Å². The van der Waals surface area contributed by atoms with E-state index in [1.165, 1.54) is 0 Å². The molecule has 0 saturated carbocycles. The van der Waals surface area contributed by atoms with Gasteiger partial charge in [-0.25, -0.2) is 9.97 Å². The fourth-order valence-electron chi connectivity index (χ4n) is 2.58. The number of ether oxygens (including phenoxy) is 3. The van der Waals surface area contributed by atoms with E-state index in [1.807, 2.05) is 18.2 Å². The molecular weight excluding hydrogens is 342 g/mol. The Morgan fingerprint density at radius 1 is 1.28 bits per heavy atom. The van der Waals surface area contributed by atoms with Gasteiger partial charge in [0.25, 0.3) is 5.91 Å². The zero-order chi connectivity index (χ0) is 17.6. The average molecular weight is 361 g/mol. The van der Waals surface area contributed by atoms with Crippen LogP contribution in [0.1, 0.15) is 10.9 Å². The Balaban J connectivity index is 1.75. The van der Waals surface area contributed by atoms with Gasteiger partial charge in [0.15, 0.2) is 6.61 Å². The summed E-state index contributed by atoms with van der Waals surface area (Å²) in [5, 5.41) is -0.141. The molecule has 0 N–H and O–H groups in total. The van der Waals surface area contributed by atoms with Gasteiger partial charge in [0.05, 0.1) is 14.2 Å². The third-order valence-corrected chi connectivity index (χ3v) is 5.02. The predicted octanol–water partition coefficient (Wildman–Crippen LogP) is 2.15. The van der Waals surface area contributed by atoms with Crippen LogP contribution in [0, 0.1) is 0 Å². The summed E-state index contributed by atoms with van der Waals surface area (Å²) >= 11 is 1.69. The van der Waals surface area contributed by atoms with Crippen molar-refractivity contribution < 1.29 is 19.0 Å². The molecule has 3 rings (SSSR count). The summed E-state index contributed by atoms with van der Waals surface area (Å²) in [6.45, 7) is 0.543. The number of rotatable bonds is 6. The van der Waals surface area contributed by atoms with Gasteiger partial charge in [-0.3, -0.25) is 4.79 Å². The normalized spacial score (nSPS) is 16.6. The molecule has 0 radical (unpaired) electrons. The van der Waals surface area contributed by atoms with Gasteiger partial charge >= 0.3 is 6.01 Å². The van der Waals surface area contributed by atoms with E-state index < -0.39 is 0 Å². The Morgan fingerprint density at radius 2 is 2.08 bits per heavy atom. The number of aromatic nitrogens is 2. The van der Waals surface area contributed by atoms with Gasteiger partial charge in [-0.2, -0.15) is 0 Å². The van der Waals surface area contributed by atoms with Gasteiger partial charge in [-0.1, -0.05) is 0 Å². The van der Waals surface area contributed by atoms with Crippen molar-refractivity contribution in [1.29, 1.82) is 0 Å². The molecule has 1 saturated heterocycles. The lowest BCUT2D eigenvalue weighted by molar-refractivity contribution is -0.133. The fraction of sp³-hybridized carbons (Fsp3) is 0.353. The van der Waals surface area contributed by atoms with Gasteiger partial charge in [0, 0.05) is 30.3 Å². The third kappa shape index (κ3) is 3.96. The van der Waals surface area contributed by atoms with E-state index in [0.29, 0.717) is 6.54 Å². The number of thioether (sulfide) groups is 1. The molecule has 0 aliphatic carbocycles. The highest BCUT2D eigenvalue weighted by atomic mass is 32.2. The Labute approximate surface area is 150 Å². The van der Waals surface area contributed by atoms with Gasteiger partial charge in [0.2, 0.25) is 0 Å². The van der Waals surface area contributed by atoms with Crippen LogP contribution in [0.25, 0.3) is 0 Å². The first-order valence-electron chi connectivity index (χ1n) is 7.75. The van der Waals surface area contributed by atoms with E-state index in [0.717, 1.165) is 22.8 Å². The molecule has 1 aliphatic heterocycles. The highest BCUT2D eigenvalue weighted by molar-refractivity contribution is 7.99. The van der Waals surface area contributed by atoms with Crippen LogP contribution in [0.3, 0.4) is 0 Å². The number of hydrogen-bond acceptors (Lipinski definition) is 7. The van der Waals surface area contributed by atoms with Gasteiger partial charge < -0.3 is 19.1 Å². The molecule has 2 aromatic rings. The summed E-state index contributed by atoms with van der Waals surface area (Å²) in [7, 11) is 3.23. The monoisotopic (exact) mass is 361 g/mol. The number of amides is 1. The first-order valence-corrected chi connectivity index (χ1v) is 8.80. The average Bonchev–Trinajstić information content (AvgIpc) is 3.16. The van der Waals surface area contributed by atoms with Crippen molar-refractivity contribution in [2.24, 2.45) is 0 Å². The van der Waals surface area contributed by atoms with Gasteiger partial charge in [-0.15, -0.1) is 11.8 Å². The second-order valence-corrected chi connectivity index (χ2v) is 6.43. The number of benzene rings is 1. The molecule has 1 unspecified atom stereocenters. The third-order valence-electron chi connectivity index (χ3n) is 3.78. The van der Waals surface area contributed by atoms with E-state index in [4.69, 9.17) is 14.2 Å². The Hall–Kier alpha value is -2.48. The molecule has 1 aliphatic rings. The minimum absolute atomic E-state index is 0.104. The highest BCUT2D eigenvalue weighted by Gasteiger charge is 2.33. The van der Waals surface area contributed by atoms with Crippen molar-refractivity contribution in [1.82, 2.24) is 14.9 Å². The Bertz CT molecular complexity index is 729. The van der Waals surface area contributed by atoms with Crippen LogP contribution in [0.4, 0.5) is 0 Å². The van der Waals surface area contributed by atoms with E-state index in [9.17, 15) is 4.79 Å². The summed E-state index contributed by atoms with van der Waals surface area (Å²) < 4.78 is 16.1. The molecule has 8 heteroatoms. The Kier molecular flexibility index (Phi) is 5.60. The molecular formula is C17H19N3O4S. The van der Waals surface area contributed by atoms with Crippen LogP contribution in [0.15, 0.2) is 36.7 Å². The molecule has 0 bridgehead atoms. The topological polar surface area (TPSA) is 73.8 Å².